The average Bonchev–Trinajstić information content (AvgIpc) is 2.32. The van der Waals surface area contributed by atoms with Crippen LogP contribution in [-0.2, 0) is 16.0 Å². The van der Waals surface area contributed by atoms with Crippen LogP contribution in [0.3, 0.4) is 0 Å². The van der Waals surface area contributed by atoms with Gasteiger partial charge in [-0.05, 0) is 18.6 Å². The molecule has 10 heteroatoms. The Morgan fingerprint density at radius 2 is 1.95 bits per heavy atom. The van der Waals surface area contributed by atoms with Gasteiger partial charge in [0.1, 0.15) is 15.5 Å². The molecule has 0 atom stereocenters. The number of hydrogen-bond donors (Lipinski definition) is 1. The summed E-state index contributed by atoms with van der Waals surface area (Å²) in [5.74, 6) is -0.117. The van der Waals surface area contributed by atoms with Crippen molar-refractivity contribution in [2.24, 2.45) is 0 Å². The summed E-state index contributed by atoms with van der Waals surface area (Å²) >= 11 is 0. The third kappa shape index (κ3) is 5.58. The number of nitro benzene ring substituents is 1. The molecule has 0 saturated carbocycles. The summed E-state index contributed by atoms with van der Waals surface area (Å²) in [6, 6.07) is 2.13. The fraction of sp³-hybridized carbons (Fsp3) is 0.455. The van der Waals surface area contributed by atoms with Crippen LogP contribution in [0.1, 0.15) is 12.0 Å². The van der Waals surface area contributed by atoms with Crippen LogP contribution in [-0.4, -0.2) is 31.9 Å². The van der Waals surface area contributed by atoms with Gasteiger partial charge in [0.15, 0.2) is 0 Å². The van der Waals surface area contributed by atoms with Gasteiger partial charge in [-0.25, -0.2) is 8.42 Å². The topological polar surface area (TPSA) is 89.3 Å². The van der Waals surface area contributed by atoms with Gasteiger partial charge in [-0.15, -0.1) is 0 Å². The normalized spacial score (nSPS) is 12.2. The Labute approximate surface area is 119 Å². The van der Waals surface area contributed by atoms with Crippen molar-refractivity contribution in [2.45, 2.75) is 12.6 Å². The summed E-state index contributed by atoms with van der Waals surface area (Å²) in [6.45, 7) is 0.0965. The van der Waals surface area contributed by atoms with Gasteiger partial charge in [0.2, 0.25) is 0 Å². The highest BCUT2D eigenvalue weighted by Crippen LogP contribution is 2.34. The van der Waals surface area contributed by atoms with E-state index >= 15 is 0 Å². The Morgan fingerprint density at radius 1 is 1.33 bits per heavy atom. The van der Waals surface area contributed by atoms with Crippen LogP contribution < -0.4 is 5.32 Å². The second-order valence-corrected chi connectivity index (χ2v) is 6.66. The second kappa shape index (κ2) is 6.29. The predicted octanol–water partition coefficient (Wildman–Crippen LogP) is 2.46. The number of nitrogens with zero attached hydrogens (tertiary/aromatic N) is 1. The van der Waals surface area contributed by atoms with Crippen molar-refractivity contribution >= 4 is 21.2 Å². The molecule has 1 aromatic rings. The fourth-order valence-electron chi connectivity index (χ4n) is 1.57. The van der Waals surface area contributed by atoms with E-state index in [1.54, 1.807) is 0 Å². The summed E-state index contributed by atoms with van der Waals surface area (Å²) in [5.41, 5.74) is -1.90. The molecule has 0 aliphatic rings. The standard InChI is InChI=1S/C11H13F3N2O4S/c1-21(19,20)6-2-5-15-9-4-3-8(11(12,13)14)7-10(9)16(17)18/h3-4,7,15H,2,5-6H2,1H3. The van der Waals surface area contributed by atoms with Crippen LogP contribution in [0.2, 0.25) is 0 Å². The maximum atomic E-state index is 12.5. The lowest BCUT2D eigenvalue weighted by atomic mass is 10.1. The maximum Gasteiger partial charge on any atom is 0.416 e. The number of hydrogen-bond acceptors (Lipinski definition) is 5. The van der Waals surface area contributed by atoms with E-state index in [0.717, 1.165) is 18.4 Å². The van der Waals surface area contributed by atoms with E-state index in [4.69, 9.17) is 0 Å². The van der Waals surface area contributed by atoms with Crippen LogP contribution in [0.15, 0.2) is 18.2 Å². The zero-order valence-corrected chi connectivity index (χ0v) is 11.8. The molecule has 0 aromatic heterocycles. The Balaban J connectivity index is 2.85. The van der Waals surface area contributed by atoms with Crippen molar-refractivity contribution in [1.29, 1.82) is 0 Å². The molecular formula is C11H13F3N2O4S. The highest BCUT2D eigenvalue weighted by molar-refractivity contribution is 7.90. The molecule has 0 amide bonds. The van der Waals surface area contributed by atoms with Crippen LogP contribution in [0.4, 0.5) is 24.5 Å². The molecule has 0 aliphatic heterocycles. The van der Waals surface area contributed by atoms with Gasteiger partial charge in [0.25, 0.3) is 5.69 Å². The van der Waals surface area contributed by atoms with Crippen molar-refractivity contribution < 1.29 is 26.5 Å². The zero-order chi connectivity index (χ0) is 16.3. The van der Waals surface area contributed by atoms with Gasteiger partial charge in [-0.1, -0.05) is 0 Å². The third-order valence-electron chi connectivity index (χ3n) is 2.53. The molecule has 0 bridgehead atoms. The Bertz CT molecular complexity index is 629. The fourth-order valence-corrected chi connectivity index (χ4v) is 2.23. The molecule has 0 aliphatic carbocycles. The molecule has 118 valence electrons. The van der Waals surface area contributed by atoms with E-state index < -0.39 is 32.2 Å². The van der Waals surface area contributed by atoms with Crippen molar-refractivity contribution in [3.63, 3.8) is 0 Å². The number of benzene rings is 1. The van der Waals surface area contributed by atoms with Crippen LogP contribution >= 0.6 is 0 Å². The van der Waals surface area contributed by atoms with E-state index in [1.165, 1.54) is 0 Å². The molecule has 6 nitrogen and oxygen atoms in total. The Hall–Kier alpha value is -1.84. The van der Waals surface area contributed by atoms with Crippen molar-refractivity contribution in [3.05, 3.63) is 33.9 Å². The number of nitrogens with one attached hydrogen (secondary N) is 1. The van der Waals surface area contributed by atoms with Crippen molar-refractivity contribution in [2.75, 3.05) is 23.9 Å². The van der Waals surface area contributed by atoms with Crippen LogP contribution in [0.25, 0.3) is 0 Å². The molecule has 0 fully saturated rings. The lowest BCUT2D eigenvalue weighted by Crippen LogP contribution is -2.11. The highest BCUT2D eigenvalue weighted by atomic mass is 32.2. The van der Waals surface area contributed by atoms with E-state index in [9.17, 15) is 31.7 Å². The summed E-state index contributed by atoms with van der Waals surface area (Å²) in [4.78, 5) is 9.87. The minimum atomic E-state index is -4.67. The monoisotopic (exact) mass is 326 g/mol. The Morgan fingerprint density at radius 3 is 2.43 bits per heavy atom. The molecular weight excluding hydrogens is 313 g/mol. The van der Waals surface area contributed by atoms with Crippen molar-refractivity contribution in [3.8, 4) is 0 Å². The zero-order valence-electron chi connectivity index (χ0n) is 11.0. The van der Waals surface area contributed by atoms with E-state index in [-0.39, 0.29) is 24.4 Å². The van der Waals surface area contributed by atoms with E-state index in [1.807, 2.05) is 0 Å². The molecule has 1 aromatic carbocycles. The number of alkyl halides is 3. The van der Waals surface area contributed by atoms with Gasteiger partial charge in [0.05, 0.1) is 16.2 Å². The molecule has 21 heavy (non-hydrogen) atoms. The lowest BCUT2D eigenvalue weighted by molar-refractivity contribution is -0.384. The molecule has 0 saturated heterocycles. The molecule has 0 heterocycles. The number of rotatable bonds is 6. The summed E-state index contributed by atoms with van der Waals surface area (Å²) < 4.78 is 59.3. The third-order valence-corrected chi connectivity index (χ3v) is 3.56. The predicted molar refractivity (Wildman–Crippen MR) is 70.9 cm³/mol. The molecule has 0 radical (unpaired) electrons. The minimum Gasteiger partial charge on any atom is -0.379 e. The number of sulfone groups is 1. The van der Waals surface area contributed by atoms with Crippen LogP contribution in [0, 0.1) is 10.1 Å². The smallest absolute Gasteiger partial charge is 0.379 e. The maximum absolute atomic E-state index is 12.5. The second-order valence-electron chi connectivity index (χ2n) is 4.40. The summed E-state index contributed by atoms with van der Waals surface area (Å²) in [6.07, 6.45) is -3.43. The largest absolute Gasteiger partial charge is 0.416 e. The lowest BCUT2D eigenvalue weighted by Gasteiger charge is -2.10. The molecule has 0 spiro atoms. The van der Waals surface area contributed by atoms with Gasteiger partial charge < -0.3 is 5.32 Å². The first-order valence-electron chi connectivity index (χ1n) is 5.78. The highest BCUT2D eigenvalue weighted by Gasteiger charge is 2.32. The summed E-state index contributed by atoms with van der Waals surface area (Å²) in [5, 5.41) is 13.4. The number of halogens is 3. The first-order valence-corrected chi connectivity index (χ1v) is 7.84. The van der Waals surface area contributed by atoms with Crippen molar-refractivity contribution in [1.82, 2.24) is 0 Å². The van der Waals surface area contributed by atoms with E-state index in [0.29, 0.717) is 6.07 Å². The van der Waals surface area contributed by atoms with Gasteiger partial charge in [-0.2, -0.15) is 13.2 Å². The average molecular weight is 326 g/mol. The van der Waals surface area contributed by atoms with Crippen LogP contribution in [0.5, 0.6) is 0 Å². The number of anilines is 1. The molecule has 0 unspecified atom stereocenters. The Kier molecular flexibility index (Phi) is 5.15. The van der Waals surface area contributed by atoms with Gasteiger partial charge in [-0.3, -0.25) is 10.1 Å². The first kappa shape index (κ1) is 17.2. The molecule has 1 rings (SSSR count). The van der Waals surface area contributed by atoms with E-state index in [2.05, 4.69) is 5.32 Å². The summed E-state index contributed by atoms with van der Waals surface area (Å²) in [7, 11) is -3.15. The number of nitro groups is 1. The SMILES string of the molecule is CS(=O)(=O)CCCNc1ccc(C(F)(F)F)cc1[N+](=O)[O-]. The minimum absolute atomic E-state index is 0.0819. The quantitative estimate of drug-likeness (QED) is 0.493. The van der Waals surface area contributed by atoms with Gasteiger partial charge in [0, 0.05) is 18.9 Å². The molecule has 1 N–H and O–H groups in total. The van der Waals surface area contributed by atoms with Gasteiger partial charge >= 0.3 is 6.18 Å². The first-order chi connectivity index (χ1) is 9.50.